The number of hydrogen-bond donors (Lipinski definition) is 1. The molecule has 0 saturated carbocycles. The molecule has 1 N–H and O–H groups in total. The molecule has 0 radical (unpaired) electrons. The van der Waals surface area contributed by atoms with Crippen molar-refractivity contribution in [2.75, 3.05) is 11.5 Å². The molecule has 3 unspecified atom stereocenters. The van der Waals surface area contributed by atoms with E-state index in [0.717, 1.165) is 25.7 Å². The van der Waals surface area contributed by atoms with Crippen LogP contribution in [0.4, 0.5) is 0 Å². The van der Waals surface area contributed by atoms with Crippen LogP contribution in [0.5, 0.6) is 0 Å². The first-order chi connectivity index (χ1) is 8.89. The zero-order valence-corrected chi connectivity index (χ0v) is 12.8. The molecule has 3 atom stereocenters. The molecular weight excluding hydrogens is 264 g/mol. The van der Waals surface area contributed by atoms with Crippen LogP contribution >= 0.6 is 0 Å². The molecule has 1 heterocycles. The van der Waals surface area contributed by atoms with Crippen LogP contribution in [-0.4, -0.2) is 31.0 Å². The first-order valence-corrected chi connectivity index (χ1v) is 9.15. The van der Waals surface area contributed by atoms with Crippen molar-refractivity contribution in [1.29, 1.82) is 0 Å². The highest BCUT2D eigenvalue weighted by molar-refractivity contribution is 7.91. The highest BCUT2D eigenvalue weighted by Gasteiger charge is 2.38. The fourth-order valence-electron chi connectivity index (χ4n) is 2.98. The maximum absolute atomic E-state index is 11.5. The average molecular weight is 290 g/mol. The van der Waals surface area contributed by atoms with Gasteiger partial charge in [-0.25, -0.2) is 8.42 Å². The van der Waals surface area contributed by atoms with Crippen molar-refractivity contribution in [3.8, 4) is 0 Å². The lowest BCUT2D eigenvalue weighted by molar-refractivity contribution is -0.144. The van der Waals surface area contributed by atoms with E-state index in [1.165, 1.54) is 0 Å². The Kier molecular flexibility index (Phi) is 6.30. The van der Waals surface area contributed by atoms with Gasteiger partial charge < -0.3 is 5.11 Å². The van der Waals surface area contributed by atoms with Crippen LogP contribution in [0, 0.1) is 17.8 Å². The summed E-state index contributed by atoms with van der Waals surface area (Å²) in [6.45, 7) is 4.22. The Morgan fingerprint density at radius 1 is 1.37 bits per heavy atom. The van der Waals surface area contributed by atoms with Crippen molar-refractivity contribution in [3.05, 3.63) is 0 Å². The van der Waals surface area contributed by atoms with E-state index in [2.05, 4.69) is 13.8 Å². The molecule has 0 spiro atoms. The summed E-state index contributed by atoms with van der Waals surface area (Å²) in [5, 5.41) is 9.38. The lowest BCUT2D eigenvalue weighted by Crippen LogP contribution is -2.27. The maximum Gasteiger partial charge on any atom is 0.306 e. The van der Waals surface area contributed by atoms with Gasteiger partial charge in [0.25, 0.3) is 0 Å². The molecule has 1 rings (SSSR count). The van der Waals surface area contributed by atoms with Crippen LogP contribution in [0.1, 0.15) is 52.4 Å². The zero-order chi connectivity index (χ0) is 14.5. The molecule has 0 aliphatic carbocycles. The second-order valence-corrected chi connectivity index (χ2v) is 7.99. The van der Waals surface area contributed by atoms with Gasteiger partial charge in [0, 0.05) is 0 Å². The zero-order valence-electron chi connectivity index (χ0n) is 12.0. The summed E-state index contributed by atoms with van der Waals surface area (Å²) in [5.74, 6) is -0.861. The van der Waals surface area contributed by atoms with Gasteiger partial charge in [-0.15, -0.1) is 0 Å². The molecule has 0 amide bonds. The Hall–Kier alpha value is -0.580. The number of carboxylic acids is 1. The van der Waals surface area contributed by atoms with E-state index in [-0.39, 0.29) is 17.4 Å². The Bertz CT molecular complexity index is 388. The molecule has 0 aromatic heterocycles. The van der Waals surface area contributed by atoms with Crippen molar-refractivity contribution in [3.63, 3.8) is 0 Å². The third-order valence-electron chi connectivity index (χ3n) is 4.28. The minimum Gasteiger partial charge on any atom is -0.481 e. The van der Waals surface area contributed by atoms with Gasteiger partial charge in [-0.2, -0.15) is 0 Å². The number of aliphatic carboxylic acids is 1. The van der Waals surface area contributed by atoms with Gasteiger partial charge in [0.15, 0.2) is 9.84 Å². The van der Waals surface area contributed by atoms with Crippen molar-refractivity contribution in [2.24, 2.45) is 17.8 Å². The van der Waals surface area contributed by atoms with Crippen molar-refractivity contribution < 1.29 is 18.3 Å². The second-order valence-electron chi connectivity index (χ2n) is 5.76. The number of sulfone groups is 1. The third kappa shape index (κ3) is 5.13. The number of hydrogen-bond acceptors (Lipinski definition) is 3. The molecular formula is C14H26O4S. The van der Waals surface area contributed by atoms with E-state index in [0.29, 0.717) is 18.8 Å². The molecule has 0 aromatic carbocycles. The Morgan fingerprint density at radius 2 is 2.05 bits per heavy atom. The number of unbranched alkanes of at least 4 members (excludes halogenated alkanes) is 1. The van der Waals surface area contributed by atoms with Crippen LogP contribution in [-0.2, 0) is 14.6 Å². The molecule has 0 aromatic rings. The number of rotatable bonds is 8. The van der Waals surface area contributed by atoms with Crippen molar-refractivity contribution >= 4 is 15.8 Å². The quantitative estimate of drug-likeness (QED) is 0.746. The second kappa shape index (κ2) is 7.27. The predicted octanol–water partition coefficient (Wildman–Crippen LogP) is 2.73. The normalized spacial score (nSPS) is 25.1. The van der Waals surface area contributed by atoms with Crippen LogP contribution in [0.15, 0.2) is 0 Å². The van der Waals surface area contributed by atoms with E-state index in [1.807, 2.05) is 0 Å². The minimum atomic E-state index is -3.00. The Balaban J connectivity index is 2.65. The van der Waals surface area contributed by atoms with Crippen LogP contribution in [0.3, 0.4) is 0 Å². The minimum absolute atomic E-state index is 0.0637. The summed E-state index contributed by atoms with van der Waals surface area (Å²) in [7, 11) is -3.00. The van der Waals surface area contributed by atoms with E-state index >= 15 is 0 Å². The largest absolute Gasteiger partial charge is 0.481 e. The van der Waals surface area contributed by atoms with Gasteiger partial charge in [-0.3, -0.25) is 4.79 Å². The summed E-state index contributed by atoms with van der Waals surface area (Å²) in [4.78, 5) is 11.4. The molecule has 4 nitrogen and oxygen atoms in total. The molecule has 0 bridgehead atoms. The van der Waals surface area contributed by atoms with E-state index in [9.17, 15) is 18.3 Å². The summed E-state index contributed by atoms with van der Waals surface area (Å²) >= 11 is 0. The highest BCUT2D eigenvalue weighted by Crippen LogP contribution is 2.32. The van der Waals surface area contributed by atoms with Crippen LogP contribution < -0.4 is 0 Å². The molecule has 1 fully saturated rings. The van der Waals surface area contributed by atoms with E-state index in [1.54, 1.807) is 0 Å². The number of carboxylic acid groups (broad SMARTS) is 1. The molecule has 1 aliphatic rings. The van der Waals surface area contributed by atoms with Gasteiger partial charge in [-0.1, -0.05) is 39.5 Å². The Morgan fingerprint density at radius 3 is 2.47 bits per heavy atom. The standard InChI is InChI=1S/C14H26O4S/c1-3-5-6-11(4-2)9-13(14(15)16)12-7-8-19(17,18)10-12/h11-13H,3-10H2,1-2H3,(H,15,16). The summed E-state index contributed by atoms with van der Waals surface area (Å²) < 4.78 is 23.0. The van der Waals surface area contributed by atoms with Gasteiger partial charge >= 0.3 is 5.97 Å². The van der Waals surface area contributed by atoms with Crippen molar-refractivity contribution in [2.45, 2.75) is 52.4 Å². The fraction of sp³-hybridized carbons (Fsp3) is 0.929. The maximum atomic E-state index is 11.5. The van der Waals surface area contributed by atoms with E-state index < -0.39 is 21.7 Å². The molecule has 112 valence electrons. The SMILES string of the molecule is CCCCC(CC)CC(C(=O)O)C1CCS(=O)(=O)C1. The van der Waals surface area contributed by atoms with Gasteiger partial charge in [0.05, 0.1) is 17.4 Å². The van der Waals surface area contributed by atoms with Gasteiger partial charge in [0.2, 0.25) is 0 Å². The first-order valence-electron chi connectivity index (χ1n) is 7.32. The average Bonchev–Trinajstić information content (AvgIpc) is 2.69. The summed E-state index contributed by atoms with van der Waals surface area (Å²) in [5.41, 5.74) is 0. The fourth-order valence-corrected chi connectivity index (χ4v) is 4.86. The smallest absolute Gasteiger partial charge is 0.306 e. The van der Waals surface area contributed by atoms with Gasteiger partial charge in [-0.05, 0) is 24.7 Å². The Labute approximate surface area is 116 Å². The van der Waals surface area contributed by atoms with E-state index in [4.69, 9.17) is 0 Å². The van der Waals surface area contributed by atoms with Crippen LogP contribution in [0.25, 0.3) is 0 Å². The van der Waals surface area contributed by atoms with Gasteiger partial charge in [0.1, 0.15) is 0 Å². The van der Waals surface area contributed by atoms with Crippen molar-refractivity contribution in [1.82, 2.24) is 0 Å². The number of carbonyl (C=O) groups is 1. The highest BCUT2D eigenvalue weighted by atomic mass is 32.2. The molecule has 19 heavy (non-hydrogen) atoms. The first kappa shape index (κ1) is 16.5. The summed E-state index contributed by atoms with van der Waals surface area (Å²) in [6.07, 6.45) is 5.41. The topological polar surface area (TPSA) is 71.4 Å². The molecule has 1 aliphatic heterocycles. The summed E-state index contributed by atoms with van der Waals surface area (Å²) in [6, 6.07) is 0. The third-order valence-corrected chi connectivity index (χ3v) is 6.08. The van der Waals surface area contributed by atoms with Crippen LogP contribution in [0.2, 0.25) is 0 Å². The lowest BCUT2D eigenvalue weighted by atomic mass is 9.81. The lowest BCUT2D eigenvalue weighted by Gasteiger charge is -2.23. The monoisotopic (exact) mass is 290 g/mol. The molecule has 5 heteroatoms. The predicted molar refractivity (Wildman–Crippen MR) is 75.8 cm³/mol. The molecule has 1 saturated heterocycles.